The van der Waals surface area contributed by atoms with Gasteiger partial charge in [-0.1, -0.05) is 41.4 Å². The molecule has 0 radical (unpaired) electrons. The molecular formula is C24H23ClN2O4. The van der Waals surface area contributed by atoms with Crippen molar-refractivity contribution in [1.29, 1.82) is 0 Å². The second kappa shape index (κ2) is 10.5. The first-order chi connectivity index (χ1) is 14.9. The summed E-state index contributed by atoms with van der Waals surface area (Å²) in [6.07, 6.45) is -0.738. The third-order valence-corrected chi connectivity index (χ3v) is 4.65. The van der Waals surface area contributed by atoms with E-state index in [1.165, 1.54) is 0 Å². The minimum atomic E-state index is -0.738. The van der Waals surface area contributed by atoms with Crippen molar-refractivity contribution in [2.45, 2.75) is 20.0 Å². The largest absolute Gasteiger partial charge is 0.484 e. The summed E-state index contributed by atoms with van der Waals surface area (Å²) in [5.41, 5.74) is 2.29. The van der Waals surface area contributed by atoms with Gasteiger partial charge in [0.25, 0.3) is 11.8 Å². The predicted octanol–water partition coefficient (Wildman–Crippen LogP) is 5.07. The Hall–Kier alpha value is -3.51. The lowest BCUT2D eigenvalue weighted by molar-refractivity contribution is -0.122. The highest BCUT2D eigenvalue weighted by atomic mass is 35.5. The van der Waals surface area contributed by atoms with Crippen molar-refractivity contribution in [3.63, 3.8) is 0 Å². The number of para-hydroxylation sites is 1. The standard InChI is InChI=1S/C24H23ClN2O4/c1-16-7-13-20(14-8-16)30-15-23(28)26-18-9-11-19(12-10-18)27-24(29)17(2)31-22-6-4-3-5-21(22)25/h3-14,17H,15H2,1-2H3,(H,26,28)(H,27,29). The van der Waals surface area contributed by atoms with E-state index < -0.39 is 6.10 Å². The van der Waals surface area contributed by atoms with Gasteiger partial charge in [0.05, 0.1) is 5.02 Å². The Balaban J connectivity index is 1.47. The van der Waals surface area contributed by atoms with Crippen LogP contribution in [0.2, 0.25) is 5.02 Å². The van der Waals surface area contributed by atoms with Gasteiger partial charge in [-0.25, -0.2) is 0 Å². The average molecular weight is 439 g/mol. The van der Waals surface area contributed by atoms with Crippen LogP contribution in [0.25, 0.3) is 0 Å². The molecule has 1 atom stereocenters. The molecule has 6 nitrogen and oxygen atoms in total. The van der Waals surface area contributed by atoms with Gasteiger partial charge in [-0.2, -0.15) is 0 Å². The fourth-order valence-corrected chi connectivity index (χ4v) is 2.83. The van der Waals surface area contributed by atoms with E-state index in [1.807, 2.05) is 31.2 Å². The lowest BCUT2D eigenvalue weighted by Crippen LogP contribution is -2.30. The van der Waals surface area contributed by atoms with Gasteiger partial charge in [-0.05, 0) is 62.4 Å². The summed E-state index contributed by atoms with van der Waals surface area (Å²) in [7, 11) is 0. The fourth-order valence-electron chi connectivity index (χ4n) is 2.65. The van der Waals surface area contributed by atoms with Crippen molar-refractivity contribution in [3.05, 3.63) is 83.4 Å². The van der Waals surface area contributed by atoms with E-state index in [1.54, 1.807) is 55.5 Å². The van der Waals surface area contributed by atoms with E-state index >= 15 is 0 Å². The van der Waals surface area contributed by atoms with Gasteiger partial charge in [0.1, 0.15) is 11.5 Å². The van der Waals surface area contributed by atoms with E-state index in [-0.39, 0.29) is 18.4 Å². The smallest absolute Gasteiger partial charge is 0.265 e. The van der Waals surface area contributed by atoms with Gasteiger partial charge in [-0.3, -0.25) is 9.59 Å². The van der Waals surface area contributed by atoms with E-state index in [4.69, 9.17) is 21.1 Å². The highest BCUT2D eigenvalue weighted by Crippen LogP contribution is 2.24. The second-order valence-electron chi connectivity index (χ2n) is 6.91. The number of carbonyl (C=O) groups excluding carboxylic acids is 2. The van der Waals surface area contributed by atoms with E-state index in [0.717, 1.165) is 5.56 Å². The molecule has 160 valence electrons. The van der Waals surface area contributed by atoms with Gasteiger partial charge in [0, 0.05) is 11.4 Å². The van der Waals surface area contributed by atoms with E-state index in [0.29, 0.717) is 27.9 Å². The molecule has 0 bridgehead atoms. The van der Waals surface area contributed by atoms with Crippen LogP contribution < -0.4 is 20.1 Å². The number of anilines is 2. The molecule has 0 aromatic heterocycles. The molecule has 1 unspecified atom stereocenters. The maximum Gasteiger partial charge on any atom is 0.265 e. The lowest BCUT2D eigenvalue weighted by Gasteiger charge is -2.15. The number of carbonyl (C=O) groups is 2. The van der Waals surface area contributed by atoms with Crippen molar-refractivity contribution in [3.8, 4) is 11.5 Å². The van der Waals surface area contributed by atoms with Crippen LogP contribution in [0.5, 0.6) is 11.5 Å². The van der Waals surface area contributed by atoms with Gasteiger partial charge < -0.3 is 20.1 Å². The number of hydrogen-bond acceptors (Lipinski definition) is 4. The van der Waals surface area contributed by atoms with Crippen molar-refractivity contribution >= 4 is 34.8 Å². The van der Waals surface area contributed by atoms with Gasteiger partial charge >= 0.3 is 0 Å². The number of hydrogen-bond donors (Lipinski definition) is 2. The third kappa shape index (κ3) is 6.76. The fraction of sp³-hybridized carbons (Fsp3) is 0.167. The zero-order chi connectivity index (χ0) is 22.2. The zero-order valence-electron chi connectivity index (χ0n) is 17.2. The van der Waals surface area contributed by atoms with Crippen LogP contribution in [0.4, 0.5) is 11.4 Å². The summed E-state index contributed by atoms with van der Waals surface area (Å²) < 4.78 is 11.1. The molecule has 2 amide bonds. The molecular weight excluding hydrogens is 416 g/mol. The number of halogens is 1. The van der Waals surface area contributed by atoms with Crippen LogP contribution >= 0.6 is 11.6 Å². The summed E-state index contributed by atoms with van der Waals surface area (Å²) >= 11 is 6.06. The molecule has 0 aliphatic rings. The topological polar surface area (TPSA) is 76.7 Å². The molecule has 0 saturated carbocycles. The molecule has 7 heteroatoms. The molecule has 3 rings (SSSR count). The number of rotatable bonds is 8. The molecule has 3 aromatic carbocycles. The van der Waals surface area contributed by atoms with Crippen LogP contribution in [-0.4, -0.2) is 24.5 Å². The summed E-state index contributed by atoms with van der Waals surface area (Å²) in [6, 6.07) is 21.2. The van der Waals surface area contributed by atoms with Gasteiger partial charge in [0.2, 0.25) is 0 Å². The molecule has 0 aliphatic carbocycles. The molecule has 0 aliphatic heterocycles. The number of aryl methyl sites for hydroxylation is 1. The number of nitrogens with one attached hydrogen (secondary N) is 2. The SMILES string of the molecule is Cc1ccc(OCC(=O)Nc2ccc(NC(=O)C(C)Oc3ccccc3Cl)cc2)cc1. The molecule has 0 heterocycles. The minimum Gasteiger partial charge on any atom is -0.484 e. The average Bonchev–Trinajstić information content (AvgIpc) is 2.76. The Labute approximate surface area is 186 Å². The Morgan fingerprint density at radius 2 is 1.52 bits per heavy atom. The summed E-state index contributed by atoms with van der Waals surface area (Å²) in [6.45, 7) is 3.52. The monoisotopic (exact) mass is 438 g/mol. The third-order valence-electron chi connectivity index (χ3n) is 4.34. The summed E-state index contributed by atoms with van der Waals surface area (Å²) in [4.78, 5) is 24.4. The van der Waals surface area contributed by atoms with Gasteiger partial charge in [0.15, 0.2) is 12.7 Å². The number of benzene rings is 3. The molecule has 3 aromatic rings. The van der Waals surface area contributed by atoms with Crippen LogP contribution in [0.15, 0.2) is 72.8 Å². The van der Waals surface area contributed by atoms with E-state index in [2.05, 4.69) is 10.6 Å². The molecule has 0 saturated heterocycles. The van der Waals surface area contributed by atoms with Crippen LogP contribution in [0, 0.1) is 6.92 Å². The first-order valence-electron chi connectivity index (χ1n) is 9.72. The van der Waals surface area contributed by atoms with Crippen molar-refractivity contribution < 1.29 is 19.1 Å². The highest BCUT2D eigenvalue weighted by Gasteiger charge is 2.16. The van der Waals surface area contributed by atoms with Gasteiger partial charge in [-0.15, -0.1) is 0 Å². The molecule has 2 N–H and O–H groups in total. The zero-order valence-corrected chi connectivity index (χ0v) is 18.0. The summed E-state index contributed by atoms with van der Waals surface area (Å²) in [5, 5.41) is 5.96. The number of ether oxygens (including phenoxy) is 2. The van der Waals surface area contributed by atoms with Crippen molar-refractivity contribution in [2.24, 2.45) is 0 Å². The minimum absolute atomic E-state index is 0.0988. The van der Waals surface area contributed by atoms with Crippen LogP contribution in [0.1, 0.15) is 12.5 Å². The molecule has 31 heavy (non-hydrogen) atoms. The maximum atomic E-state index is 12.4. The van der Waals surface area contributed by atoms with Crippen LogP contribution in [0.3, 0.4) is 0 Å². The summed E-state index contributed by atoms with van der Waals surface area (Å²) in [5.74, 6) is 0.479. The maximum absolute atomic E-state index is 12.4. The van der Waals surface area contributed by atoms with Crippen molar-refractivity contribution in [2.75, 3.05) is 17.2 Å². The first kappa shape index (κ1) is 22.2. The highest BCUT2D eigenvalue weighted by molar-refractivity contribution is 6.32. The Bertz CT molecular complexity index is 1040. The lowest BCUT2D eigenvalue weighted by atomic mass is 10.2. The quantitative estimate of drug-likeness (QED) is 0.514. The number of amides is 2. The predicted molar refractivity (Wildman–Crippen MR) is 122 cm³/mol. The molecule has 0 spiro atoms. The van der Waals surface area contributed by atoms with Crippen molar-refractivity contribution in [1.82, 2.24) is 0 Å². The second-order valence-corrected chi connectivity index (χ2v) is 7.31. The Morgan fingerprint density at radius 1 is 0.903 bits per heavy atom. The normalized spacial score (nSPS) is 11.3. The Kier molecular flexibility index (Phi) is 7.51. The molecule has 0 fully saturated rings. The first-order valence-corrected chi connectivity index (χ1v) is 10.1. The van der Waals surface area contributed by atoms with Crippen LogP contribution in [-0.2, 0) is 9.59 Å². The Morgan fingerprint density at radius 3 is 2.16 bits per heavy atom. The van der Waals surface area contributed by atoms with E-state index in [9.17, 15) is 9.59 Å².